The van der Waals surface area contributed by atoms with E-state index in [1.807, 2.05) is 6.07 Å². The van der Waals surface area contributed by atoms with Crippen LogP contribution < -0.4 is 4.74 Å². The second-order valence-electron chi connectivity index (χ2n) is 3.55. The molecule has 0 aromatic heterocycles. The van der Waals surface area contributed by atoms with Gasteiger partial charge in [-0.15, -0.1) is 0 Å². The van der Waals surface area contributed by atoms with Crippen LogP contribution in [0.5, 0.6) is 5.75 Å². The SMILES string of the molecule is CC(C)OC(=O)/C=C/C(=O)Oc1ccccc1. The van der Waals surface area contributed by atoms with Crippen molar-refractivity contribution in [3.63, 3.8) is 0 Å². The molecule has 4 heteroatoms. The first-order valence-corrected chi connectivity index (χ1v) is 5.23. The van der Waals surface area contributed by atoms with Crippen molar-refractivity contribution in [1.29, 1.82) is 0 Å². The highest BCUT2D eigenvalue weighted by atomic mass is 16.5. The number of hydrogen-bond donors (Lipinski definition) is 0. The van der Waals surface area contributed by atoms with Crippen molar-refractivity contribution in [2.75, 3.05) is 0 Å². The maximum absolute atomic E-state index is 11.3. The Kier molecular flexibility index (Phi) is 4.94. The second kappa shape index (κ2) is 6.48. The first-order chi connectivity index (χ1) is 8.08. The summed E-state index contributed by atoms with van der Waals surface area (Å²) in [5.41, 5.74) is 0. The molecule has 0 aliphatic heterocycles. The third-order valence-corrected chi connectivity index (χ3v) is 1.67. The van der Waals surface area contributed by atoms with Crippen molar-refractivity contribution in [3.8, 4) is 5.75 Å². The Hall–Kier alpha value is -2.10. The average Bonchev–Trinajstić information content (AvgIpc) is 2.27. The summed E-state index contributed by atoms with van der Waals surface area (Å²) in [5, 5.41) is 0. The molecule has 4 nitrogen and oxygen atoms in total. The minimum absolute atomic E-state index is 0.211. The van der Waals surface area contributed by atoms with Crippen molar-refractivity contribution < 1.29 is 19.1 Å². The zero-order chi connectivity index (χ0) is 12.7. The molecule has 0 atom stereocenters. The lowest BCUT2D eigenvalue weighted by atomic mass is 10.3. The smallest absolute Gasteiger partial charge is 0.336 e. The summed E-state index contributed by atoms with van der Waals surface area (Å²) >= 11 is 0. The van der Waals surface area contributed by atoms with Crippen LogP contribution in [0.3, 0.4) is 0 Å². The largest absolute Gasteiger partial charge is 0.460 e. The number of hydrogen-bond acceptors (Lipinski definition) is 4. The monoisotopic (exact) mass is 234 g/mol. The number of benzene rings is 1. The number of carbonyl (C=O) groups is 2. The Morgan fingerprint density at radius 3 is 2.24 bits per heavy atom. The van der Waals surface area contributed by atoms with Crippen molar-refractivity contribution in [2.24, 2.45) is 0 Å². The Labute approximate surface area is 99.8 Å². The Morgan fingerprint density at radius 1 is 1.06 bits per heavy atom. The van der Waals surface area contributed by atoms with Crippen molar-refractivity contribution in [3.05, 3.63) is 42.5 Å². The quantitative estimate of drug-likeness (QED) is 0.455. The van der Waals surface area contributed by atoms with Crippen LogP contribution in [0.2, 0.25) is 0 Å². The molecule has 0 fully saturated rings. The first-order valence-electron chi connectivity index (χ1n) is 5.23. The highest BCUT2D eigenvalue weighted by Gasteiger charge is 2.03. The van der Waals surface area contributed by atoms with Crippen molar-refractivity contribution in [2.45, 2.75) is 20.0 Å². The molecule has 0 N–H and O–H groups in total. The molecule has 1 rings (SSSR count). The summed E-state index contributed by atoms with van der Waals surface area (Å²) in [6.07, 6.45) is 1.88. The van der Waals surface area contributed by atoms with E-state index in [4.69, 9.17) is 9.47 Å². The normalized spacial score (nSPS) is 10.5. The van der Waals surface area contributed by atoms with Gasteiger partial charge in [-0.2, -0.15) is 0 Å². The lowest BCUT2D eigenvalue weighted by Gasteiger charge is -2.03. The van der Waals surface area contributed by atoms with E-state index in [9.17, 15) is 9.59 Å². The van der Waals surface area contributed by atoms with Crippen LogP contribution in [0.1, 0.15) is 13.8 Å². The van der Waals surface area contributed by atoms with E-state index < -0.39 is 11.9 Å². The molecule has 0 saturated carbocycles. The van der Waals surface area contributed by atoms with Crippen LogP contribution in [-0.4, -0.2) is 18.0 Å². The second-order valence-corrected chi connectivity index (χ2v) is 3.55. The van der Waals surface area contributed by atoms with Gasteiger partial charge in [-0.3, -0.25) is 0 Å². The summed E-state index contributed by atoms with van der Waals surface area (Å²) in [5.74, 6) is -0.749. The molecule has 0 aliphatic rings. The van der Waals surface area contributed by atoms with E-state index in [0.717, 1.165) is 12.2 Å². The first kappa shape index (κ1) is 13.0. The molecule has 1 aromatic rings. The van der Waals surface area contributed by atoms with Gasteiger partial charge in [0.25, 0.3) is 0 Å². The molecule has 0 spiro atoms. The molecule has 0 saturated heterocycles. The lowest BCUT2D eigenvalue weighted by Crippen LogP contribution is -2.10. The van der Waals surface area contributed by atoms with Crippen molar-refractivity contribution >= 4 is 11.9 Å². The fraction of sp³-hybridized carbons (Fsp3) is 0.231. The summed E-state index contributed by atoms with van der Waals surface area (Å²) in [7, 11) is 0. The molecule has 90 valence electrons. The molecule has 0 unspecified atom stereocenters. The minimum atomic E-state index is -0.614. The molecule has 1 aromatic carbocycles. The Bertz CT molecular complexity index is 407. The molecular weight excluding hydrogens is 220 g/mol. The number of carbonyl (C=O) groups excluding carboxylic acids is 2. The Balaban J connectivity index is 2.45. The van der Waals surface area contributed by atoms with E-state index in [-0.39, 0.29) is 6.10 Å². The fourth-order valence-electron chi connectivity index (χ4n) is 1.05. The van der Waals surface area contributed by atoms with Gasteiger partial charge in [-0.25, -0.2) is 9.59 Å². The van der Waals surface area contributed by atoms with Gasteiger partial charge in [0.2, 0.25) is 0 Å². The van der Waals surface area contributed by atoms with Crippen LogP contribution in [0, 0.1) is 0 Å². The maximum atomic E-state index is 11.3. The van der Waals surface area contributed by atoms with Gasteiger partial charge in [0.05, 0.1) is 6.10 Å². The van der Waals surface area contributed by atoms with Crippen LogP contribution in [0.25, 0.3) is 0 Å². The average molecular weight is 234 g/mol. The minimum Gasteiger partial charge on any atom is -0.460 e. The van der Waals surface area contributed by atoms with Crippen molar-refractivity contribution in [1.82, 2.24) is 0 Å². The van der Waals surface area contributed by atoms with Crippen LogP contribution in [-0.2, 0) is 14.3 Å². The number of para-hydroxylation sites is 1. The highest BCUT2D eigenvalue weighted by Crippen LogP contribution is 2.08. The van der Waals surface area contributed by atoms with Crippen LogP contribution in [0.4, 0.5) is 0 Å². The fourth-order valence-corrected chi connectivity index (χ4v) is 1.05. The van der Waals surface area contributed by atoms with Crippen LogP contribution >= 0.6 is 0 Å². The van der Waals surface area contributed by atoms with E-state index in [0.29, 0.717) is 5.75 Å². The van der Waals surface area contributed by atoms with Gasteiger partial charge < -0.3 is 9.47 Å². The third-order valence-electron chi connectivity index (χ3n) is 1.67. The molecule has 0 radical (unpaired) electrons. The topological polar surface area (TPSA) is 52.6 Å². The predicted octanol–water partition coefficient (Wildman–Crippen LogP) is 2.10. The molecule has 17 heavy (non-hydrogen) atoms. The number of ether oxygens (including phenoxy) is 2. The van der Waals surface area contributed by atoms with Gasteiger partial charge in [0, 0.05) is 12.2 Å². The lowest BCUT2D eigenvalue weighted by molar-refractivity contribution is -0.141. The van der Waals surface area contributed by atoms with Crippen LogP contribution in [0.15, 0.2) is 42.5 Å². The molecule has 0 amide bonds. The summed E-state index contributed by atoms with van der Waals surface area (Å²) < 4.78 is 9.75. The van der Waals surface area contributed by atoms with E-state index in [1.54, 1.807) is 38.1 Å². The number of esters is 2. The number of rotatable bonds is 4. The molecule has 0 heterocycles. The summed E-state index contributed by atoms with van der Waals surface area (Å²) in [6.45, 7) is 3.46. The molecular formula is C13H14O4. The predicted molar refractivity (Wildman–Crippen MR) is 62.4 cm³/mol. The Morgan fingerprint density at radius 2 is 1.65 bits per heavy atom. The van der Waals surface area contributed by atoms with Gasteiger partial charge in [0.15, 0.2) is 0 Å². The van der Waals surface area contributed by atoms with Gasteiger partial charge in [-0.05, 0) is 26.0 Å². The maximum Gasteiger partial charge on any atom is 0.336 e. The molecule has 0 bridgehead atoms. The summed E-state index contributed by atoms with van der Waals surface area (Å²) in [4.78, 5) is 22.4. The molecule has 0 aliphatic carbocycles. The van der Waals surface area contributed by atoms with E-state index in [1.165, 1.54) is 0 Å². The van der Waals surface area contributed by atoms with Gasteiger partial charge in [0.1, 0.15) is 5.75 Å². The van der Waals surface area contributed by atoms with Gasteiger partial charge in [-0.1, -0.05) is 18.2 Å². The zero-order valence-electron chi connectivity index (χ0n) is 9.75. The summed E-state index contributed by atoms with van der Waals surface area (Å²) in [6, 6.07) is 8.61. The van der Waals surface area contributed by atoms with Gasteiger partial charge >= 0.3 is 11.9 Å². The standard InChI is InChI=1S/C13H14O4/c1-10(2)16-12(14)8-9-13(15)17-11-6-4-3-5-7-11/h3-10H,1-2H3/b9-8+. The zero-order valence-corrected chi connectivity index (χ0v) is 9.75. The van der Waals surface area contributed by atoms with E-state index >= 15 is 0 Å². The third kappa shape index (κ3) is 5.51. The highest BCUT2D eigenvalue weighted by molar-refractivity contribution is 5.92. The van der Waals surface area contributed by atoms with E-state index in [2.05, 4.69) is 0 Å².